The predicted molar refractivity (Wildman–Crippen MR) is 181 cm³/mol. The van der Waals surface area contributed by atoms with Crippen molar-refractivity contribution in [3.05, 3.63) is 0 Å². The second kappa shape index (κ2) is 12.6. The van der Waals surface area contributed by atoms with E-state index in [1.165, 1.54) is 57.8 Å². The Balaban J connectivity index is 0.914. The number of piperidine rings is 1. The van der Waals surface area contributed by atoms with Crippen LogP contribution in [-0.4, -0.2) is 79.9 Å². The molecular formula is C39H65N3O4. The molecule has 4 aliphatic carbocycles. The SMILES string of the molecule is C[C@@H]1CC[C@@]2(OC1)O[C@H]1C[C@H]3[C@@H]4CC[C@@H]5C[C@H](NC(=O)CC(=O)N(C)CCC6CCN(C)CC6)CC[C@]5(C)C4CC[C@]3(C)[C@H]1[C@@H]2C. The van der Waals surface area contributed by atoms with Crippen LogP contribution in [-0.2, 0) is 19.1 Å². The average molecular weight is 640 g/mol. The molecule has 7 fully saturated rings. The third-order valence-corrected chi connectivity index (χ3v) is 15.7. The molecule has 3 saturated heterocycles. The van der Waals surface area contributed by atoms with Gasteiger partial charge in [0.05, 0.1) is 12.7 Å². The largest absolute Gasteiger partial charge is 0.353 e. The first-order valence-corrected chi connectivity index (χ1v) is 19.5. The summed E-state index contributed by atoms with van der Waals surface area (Å²) < 4.78 is 13.5. The van der Waals surface area contributed by atoms with Crippen molar-refractivity contribution in [3.8, 4) is 0 Å². The fraction of sp³-hybridized carbons (Fsp3) is 0.949. The summed E-state index contributed by atoms with van der Waals surface area (Å²) in [7, 11) is 4.06. The molecular weight excluding hydrogens is 574 g/mol. The van der Waals surface area contributed by atoms with Crippen molar-refractivity contribution >= 4 is 11.8 Å². The summed E-state index contributed by atoms with van der Waals surface area (Å²) in [5.41, 5.74) is 0.728. The molecule has 3 heterocycles. The number of ether oxygens (including phenoxy) is 2. The first kappa shape index (κ1) is 33.3. The minimum Gasteiger partial charge on any atom is -0.353 e. The quantitative estimate of drug-likeness (QED) is 0.336. The van der Waals surface area contributed by atoms with Crippen LogP contribution < -0.4 is 5.32 Å². The van der Waals surface area contributed by atoms with E-state index in [1.807, 2.05) is 7.05 Å². The minimum absolute atomic E-state index is 0.0124. The van der Waals surface area contributed by atoms with Crippen LogP contribution in [0.2, 0.25) is 0 Å². The van der Waals surface area contributed by atoms with Crippen molar-refractivity contribution in [3.63, 3.8) is 0 Å². The molecule has 0 bridgehead atoms. The Kier molecular flexibility index (Phi) is 9.14. The van der Waals surface area contributed by atoms with E-state index in [9.17, 15) is 9.59 Å². The van der Waals surface area contributed by atoms with E-state index < -0.39 is 0 Å². The zero-order valence-electron chi connectivity index (χ0n) is 30.0. The number of hydrogen-bond donors (Lipinski definition) is 1. The number of fused-ring (bicyclic) bond motifs is 7. The van der Waals surface area contributed by atoms with E-state index >= 15 is 0 Å². The molecule has 3 aliphatic heterocycles. The molecule has 0 aromatic rings. The summed E-state index contributed by atoms with van der Waals surface area (Å²) in [6.07, 6.45) is 16.0. The summed E-state index contributed by atoms with van der Waals surface area (Å²) >= 11 is 0. The molecule has 0 aromatic carbocycles. The normalized spacial score (nSPS) is 47.5. The number of nitrogens with zero attached hydrogens (tertiary/aromatic N) is 2. The Morgan fingerprint density at radius 1 is 0.913 bits per heavy atom. The molecule has 12 atom stereocenters. The van der Waals surface area contributed by atoms with Crippen LogP contribution in [0.1, 0.15) is 118 Å². The Morgan fingerprint density at radius 2 is 1.67 bits per heavy atom. The predicted octanol–water partition coefficient (Wildman–Crippen LogP) is 6.50. The Morgan fingerprint density at radius 3 is 2.41 bits per heavy atom. The van der Waals surface area contributed by atoms with Crippen LogP contribution in [0.5, 0.6) is 0 Å². The van der Waals surface area contributed by atoms with Gasteiger partial charge in [0, 0.05) is 32.0 Å². The lowest BCUT2D eigenvalue weighted by molar-refractivity contribution is -0.273. The van der Waals surface area contributed by atoms with E-state index in [4.69, 9.17) is 9.47 Å². The van der Waals surface area contributed by atoms with E-state index in [-0.39, 0.29) is 30.1 Å². The van der Waals surface area contributed by atoms with Gasteiger partial charge in [0.2, 0.25) is 11.8 Å². The Hall–Kier alpha value is -1.18. The highest BCUT2D eigenvalue weighted by Crippen LogP contribution is 2.71. The number of carbonyl (C=O) groups is 2. The van der Waals surface area contributed by atoms with Crippen molar-refractivity contribution in [2.45, 2.75) is 136 Å². The van der Waals surface area contributed by atoms with Crippen LogP contribution in [0, 0.1) is 58.2 Å². The number of amides is 2. The Labute approximate surface area is 279 Å². The van der Waals surface area contributed by atoms with Gasteiger partial charge in [0.1, 0.15) is 6.42 Å². The van der Waals surface area contributed by atoms with Crippen molar-refractivity contribution in [2.75, 3.05) is 40.3 Å². The third-order valence-electron chi connectivity index (χ3n) is 15.7. The summed E-state index contributed by atoms with van der Waals surface area (Å²) in [6, 6.07) is 0.211. The van der Waals surface area contributed by atoms with Crippen molar-refractivity contribution in [1.82, 2.24) is 15.1 Å². The molecule has 0 radical (unpaired) electrons. The van der Waals surface area contributed by atoms with E-state index in [2.05, 4.69) is 45.0 Å². The lowest BCUT2D eigenvalue weighted by Gasteiger charge is -2.61. The minimum atomic E-state index is -0.328. The van der Waals surface area contributed by atoms with Crippen molar-refractivity contribution < 1.29 is 19.1 Å². The number of likely N-dealkylation sites (tertiary alicyclic amines) is 1. The second-order valence-electron chi connectivity index (χ2n) is 18.2. The number of rotatable bonds is 6. The molecule has 2 amide bonds. The van der Waals surface area contributed by atoms with Crippen LogP contribution in [0.3, 0.4) is 0 Å². The van der Waals surface area contributed by atoms with E-state index in [0.29, 0.717) is 46.5 Å². The first-order valence-electron chi connectivity index (χ1n) is 19.5. The van der Waals surface area contributed by atoms with Gasteiger partial charge in [-0.25, -0.2) is 0 Å². The molecule has 1 unspecified atom stereocenters. The number of carbonyl (C=O) groups excluding carboxylic acids is 2. The van der Waals surface area contributed by atoms with Crippen molar-refractivity contribution in [1.29, 1.82) is 0 Å². The van der Waals surface area contributed by atoms with Gasteiger partial charge in [-0.1, -0.05) is 27.7 Å². The smallest absolute Gasteiger partial charge is 0.231 e. The maximum atomic E-state index is 13.1. The maximum Gasteiger partial charge on any atom is 0.231 e. The zero-order valence-corrected chi connectivity index (χ0v) is 30.0. The second-order valence-corrected chi connectivity index (χ2v) is 18.2. The van der Waals surface area contributed by atoms with Gasteiger partial charge in [-0.3, -0.25) is 9.59 Å². The molecule has 1 spiro atoms. The third kappa shape index (κ3) is 5.78. The monoisotopic (exact) mass is 639 g/mol. The molecule has 0 aromatic heterocycles. The average Bonchev–Trinajstić information content (AvgIpc) is 3.47. The molecule has 46 heavy (non-hydrogen) atoms. The molecule has 7 heteroatoms. The zero-order chi connectivity index (χ0) is 32.4. The molecule has 7 rings (SSSR count). The van der Waals surface area contributed by atoms with Gasteiger partial charge < -0.3 is 24.6 Å². The highest BCUT2D eigenvalue weighted by atomic mass is 16.7. The van der Waals surface area contributed by atoms with Gasteiger partial charge >= 0.3 is 0 Å². The topological polar surface area (TPSA) is 71.1 Å². The lowest BCUT2D eigenvalue weighted by atomic mass is 9.44. The maximum absolute atomic E-state index is 13.1. The standard InChI is InChI=1S/C39H65N3O4/c1-25-9-17-39(45-24-25)26(2)36-33(46-39)22-32-30-8-7-28-21-29(10-15-37(28,3)31(30)11-16-38(32,36)4)40-34(43)23-35(44)42(6)20-14-27-12-18-41(5)19-13-27/h25-33,36H,7-24H2,1-6H3,(H,40,43)/t25-,26+,28-,29-,30-,31?,32+,33+,36+,37+,38+,39-/m1/s1. The summed E-state index contributed by atoms with van der Waals surface area (Å²) in [4.78, 5) is 30.1. The molecule has 260 valence electrons. The summed E-state index contributed by atoms with van der Waals surface area (Å²) in [5.74, 6) is 5.03. The highest BCUT2D eigenvalue weighted by Gasteiger charge is 2.69. The molecule has 1 N–H and O–H groups in total. The fourth-order valence-electron chi connectivity index (χ4n) is 12.8. The van der Waals surface area contributed by atoms with Crippen molar-refractivity contribution in [2.24, 2.45) is 58.2 Å². The molecule has 4 saturated carbocycles. The van der Waals surface area contributed by atoms with Gasteiger partial charge in [0.25, 0.3) is 0 Å². The van der Waals surface area contributed by atoms with Crippen LogP contribution >= 0.6 is 0 Å². The van der Waals surface area contributed by atoms with Crippen LogP contribution in [0.15, 0.2) is 0 Å². The molecule has 7 nitrogen and oxygen atoms in total. The van der Waals surface area contributed by atoms with E-state index in [1.54, 1.807) is 4.90 Å². The van der Waals surface area contributed by atoms with Gasteiger partial charge in [-0.05, 0) is 149 Å². The fourth-order valence-corrected chi connectivity index (χ4v) is 12.8. The highest BCUT2D eigenvalue weighted by molar-refractivity contribution is 5.96. The summed E-state index contributed by atoms with van der Waals surface area (Å²) in [6.45, 7) is 13.9. The van der Waals surface area contributed by atoms with Crippen LogP contribution in [0.25, 0.3) is 0 Å². The van der Waals surface area contributed by atoms with Gasteiger partial charge in [0.15, 0.2) is 5.79 Å². The van der Waals surface area contributed by atoms with E-state index in [0.717, 1.165) is 69.7 Å². The Bertz CT molecular complexity index is 1130. The lowest BCUT2D eigenvalue weighted by Crippen LogP contribution is -2.56. The van der Waals surface area contributed by atoms with Gasteiger partial charge in [-0.15, -0.1) is 0 Å². The van der Waals surface area contributed by atoms with Crippen LogP contribution in [0.4, 0.5) is 0 Å². The van der Waals surface area contributed by atoms with Gasteiger partial charge in [-0.2, -0.15) is 0 Å². The summed E-state index contributed by atoms with van der Waals surface area (Å²) in [5, 5.41) is 3.32. The molecule has 7 aliphatic rings. The number of nitrogens with one attached hydrogen (secondary N) is 1. The number of hydrogen-bond acceptors (Lipinski definition) is 5. The first-order chi connectivity index (χ1) is 21.9.